The highest BCUT2D eigenvalue weighted by molar-refractivity contribution is 7.73. The topological polar surface area (TPSA) is 158 Å². The minimum Gasteiger partial charge on any atom is -0.463 e. The molecule has 0 amide bonds. The molecule has 1 aromatic carbocycles. The first-order valence-electron chi connectivity index (χ1n) is 8.01. The van der Waals surface area contributed by atoms with Crippen molar-refractivity contribution in [3.63, 3.8) is 0 Å². The third-order valence-corrected chi connectivity index (χ3v) is 8.35. The van der Waals surface area contributed by atoms with E-state index < -0.39 is 33.0 Å². The number of benzene rings is 1. The summed E-state index contributed by atoms with van der Waals surface area (Å²) in [5.74, 6) is 0.00433. The lowest BCUT2D eigenvalue weighted by atomic mass is 10.2. The van der Waals surface area contributed by atoms with Gasteiger partial charge in [-0.05, 0) is 33.0 Å². The van der Waals surface area contributed by atoms with Gasteiger partial charge in [0.25, 0.3) is 11.0 Å². The molecular weight excluding hydrogens is 400 g/mol. The van der Waals surface area contributed by atoms with E-state index in [1.165, 1.54) is 18.2 Å². The summed E-state index contributed by atoms with van der Waals surface area (Å²) in [6.07, 6.45) is -2.63. The standard InChI is InChI=1S/C15H23NO9P2/c1-10(2)22-11(3)23-13-7-5-4-6-12(13)14-24-26(18,19)15(17,8-9-16)27(20,21)25-14/h4-7,10,14,17H,3,8-9,16H2,1-2H3,(H,18,19)(H,20,21). The highest BCUT2D eigenvalue weighted by atomic mass is 31.2. The van der Waals surface area contributed by atoms with Crippen LogP contribution in [0.25, 0.3) is 0 Å². The zero-order chi connectivity index (χ0) is 20.5. The molecule has 0 aliphatic carbocycles. The number of rotatable bonds is 7. The lowest BCUT2D eigenvalue weighted by Gasteiger charge is -2.41. The van der Waals surface area contributed by atoms with Gasteiger partial charge in [0.05, 0.1) is 11.7 Å². The average Bonchev–Trinajstić information content (AvgIpc) is 2.52. The molecule has 1 heterocycles. The van der Waals surface area contributed by atoms with E-state index in [2.05, 4.69) is 6.58 Å². The van der Waals surface area contributed by atoms with Gasteiger partial charge in [0.1, 0.15) is 5.75 Å². The van der Waals surface area contributed by atoms with Crippen LogP contribution in [0.15, 0.2) is 36.8 Å². The largest absolute Gasteiger partial charge is 0.463 e. The van der Waals surface area contributed by atoms with Crippen LogP contribution in [0, 0.1) is 0 Å². The van der Waals surface area contributed by atoms with Crippen molar-refractivity contribution in [2.24, 2.45) is 5.73 Å². The van der Waals surface area contributed by atoms with Crippen LogP contribution in [0.1, 0.15) is 32.1 Å². The van der Waals surface area contributed by atoms with Crippen molar-refractivity contribution in [1.82, 2.24) is 0 Å². The molecule has 0 radical (unpaired) electrons. The van der Waals surface area contributed by atoms with Crippen molar-refractivity contribution in [3.8, 4) is 5.75 Å². The van der Waals surface area contributed by atoms with E-state index in [0.717, 1.165) is 0 Å². The number of aliphatic hydroxyl groups is 1. The Hall–Kier alpha value is -1.22. The van der Waals surface area contributed by atoms with Crippen molar-refractivity contribution in [3.05, 3.63) is 42.4 Å². The quantitative estimate of drug-likeness (QED) is 0.379. The lowest BCUT2D eigenvalue weighted by Crippen LogP contribution is -2.37. The predicted molar refractivity (Wildman–Crippen MR) is 95.6 cm³/mol. The zero-order valence-electron chi connectivity index (χ0n) is 14.8. The van der Waals surface area contributed by atoms with E-state index >= 15 is 0 Å². The summed E-state index contributed by atoms with van der Waals surface area (Å²) in [6.45, 7) is 6.77. The van der Waals surface area contributed by atoms with Crippen LogP contribution >= 0.6 is 15.2 Å². The minimum absolute atomic E-state index is 0.0318. The van der Waals surface area contributed by atoms with E-state index in [9.17, 15) is 24.0 Å². The summed E-state index contributed by atoms with van der Waals surface area (Å²) in [6, 6.07) is 5.98. The average molecular weight is 423 g/mol. The molecule has 0 spiro atoms. The molecule has 27 heavy (non-hydrogen) atoms. The summed E-state index contributed by atoms with van der Waals surface area (Å²) in [5.41, 5.74) is 5.30. The molecular formula is C15H23NO9P2. The molecule has 152 valence electrons. The third-order valence-electron chi connectivity index (χ3n) is 3.63. The monoisotopic (exact) mass is 423 g/mol. The second-order valence-electron chi connectivity index (χ2n) is 6.08. The van der Waals surface area contributed by atoms with Crippen molar-refractivity contribution in [2.75, 3.05) is 6.54 Å². The molecule has 0 bridgehead atoms. The first-order chi connectivity index (χ1) is 12.4. The fourth-order valence-electron chi connectivity index (χ4n) is 2.37. The number of hydrogen-bond donors (Lipinski definition) is 4. The van der Waals surface area contributed by atoms with Gasteiger partial charge in [-0.1, -0.05) is 18.2 Å². The molecule has 1 aliphatic heterocycles. The Morgan fingerprint density at radius 2 is 1.85 bits per heavy atom. The van der Waals surface area contributed by atoms with Crippen LogP contribution in [-0.4, -0.2) is 32.6 Å². The van der Waals surface area contributed by atoms with Gasteiger partial charge in [-0.2, -0.15) is 0 Å². The molecule has 1 saturated heterocycles. The van der Waals surface area contributed by atoms with Crippen LogP contribution in [0.4, 0.5) is 0 Å². The van der Waals surface area contributed by atoms with Gasteiger partial charge in [0, 0.05) is 6.42 Å². The van der Waals surface area contributed by atoms with Gasteiger partial charge < -0.3 is 30.1 Å². The van der Waals surface area contributed by atoms with Crippen LogP contribution in [0.3, 0.4) is 0 Å². The van der Waals surface area contributed by atoms with E-state index in [4.69, 9.17) is 24.3 Å². The summed E-state index contributed by atoms with van der Waals surface area (Å²) in [4.78, 5) is 20.2. The smallest absolute Gasteiger partial charge is 0.374 e. The van der Waals surface area contributed by atoms with Crippen molar-refractivity contribution in [2.45, 2.75) is 37.7 Å². The fraction of sp³-hybridized carbons (Fsp3) is 0.467. The van der Waals surface area contributed by atoms with Gasteiger partial charge in [-0.3, -0.25) is 18.2 Å². The molecule has 1 aliphatic rings. The van der Waals surface area contributed by atoms with Crippen molar-refractivity contribution < 1.29 is 42.5 Å². The third kappa shape index (κ3) is 4.45. The molecule has 12 heteroatoms. The second-order valence-corrected chi connectivity index (χ2v) is 10.4. The first kappa shape index (κ1) is 22.1. The molecule has 2 rings (SSSR count). The predicted octanol–water partition coefficient (Wildman–Crippen LogP) is 2.37. The Morgan fingerprint density at radius 3 is 2.37 bits per heavy atom. The molecule has 10 nitrogen and oxygen atoms in total. The molecule has 1 fully saturated rings. The van der Waals surface area contributed by atoms with Crippen LogP contribution in [0.2, 0.25) is 0 Å². The molecule has 2 unspecified atom stereocenters. The Morgan fingerprint density at radius 1 is 1.30 bits per heavy atom. The lowest BCUT2D eigenvalue weighted by molar-refractivity contribution is -0.0604. The Balaban J connectivity index is 2.37. The molecule has 2 atom stereocenters. The zero-order valence-corrected chi connectivity index (χ0v) is 16.6. The van der Waals surface area contributed by atoms with E-state index in [1.54, 1.807) is 19.9 Å². The SMILES string of the molecule is C=C(Oc1ccccc1C1OP(=O)(O)C(O)(CCN)P(=O)(O)O1)OC(C)C. The molecule has 0 aromatic heterocycles. The minimum atomic E-state index is -5.02. The second kappa shape index (κ2) is 8.03. The maximum atomic E-state index is 12.5. The maximum absolute atomic E-state index is 12.5. The van der Waals surface area contributed by atoms with Crippen molar-refractivity contribution >= 4 is 15.2 Å². The highest BCUT2D eigenvalue weighted by Crippen LogP contribution is 2.79. The van der Waals surface area contributed by atoms with Gasteiger partial charge in [-0.25, -0.2) is 0 Å². The fourth-order valence-corrected chi connectivity index (χ4v) is 6.00. The van der Waals surface area contributed by atoms with Crippen molar-refractivity contribution in [1.29, 1.82) is 0 Å². The molecule has 0 saturated carbocycles. The van der Waals surface area contributed by atoms with E-state index in [0.29, 0.717) is 0 Å². The van der Waals surface area contributed by atoms with Crippen LogP contribution < -0.4 is 10.5 Å². The molecule has 1 aromatic rings. The maximum Gasteiger partial charge on any atom is 0.374 e. The van der Waals surface area contributed by atoms with Crippen LogP contribution in [0.5, 0.6) is 5.75 Å². The van der Waals surface area contributed by atoms with Gasteiger partial charge in [-0.15, -0.1) is 0 Å². The van der Waals surface area contributed by atoms with Crippen LogP contribution in [-0.2, 0) is 22.9 Å². The number of nitrogens with two attached hydrogens (primary N) is 1. The molecule has 5 N–H and O–H groups in total. The van der Waals surface area contributed by atoms with Gasteiger partial charge in [0.15, 0.2) is 0 Å². The Bertz CT molecular complexity index is 771. The Kier molecular flexibility index (Phi) is 6.56. The van der Waals surface area contributed by atoms with E-state index in [-0.39, 0.29) is 29.9 Å². The summed E-state index contributed by atoms with van der Waals surface area (Å²) >= 11 is 0. The summed E-state index contributed by atoms with van der Waals surface area (Å²) in [7, 11) is -10.0. The number of ether oxygens (including phenoxy) is 2. The summed E-state index contributed by atoms with van der Waals surface area (Å²) < 4.78 is 45.6. The number of hydrogen-bond acceptors (Lipinski definition) is 8. The van der Waals surface area contributed by atoms with Gasteiger partial charge >= 0.3 is 15.2 Å². The van der Waals surface area contributed by atoms with E-state index in [1.807, 2.05) is 0 Å². The van der Waals surface area contributed by atoms with Gasteiger partial charge in [0.2, 0.25) is 6.29 Å². The first-order valence-corrected chi connectivity index (χ1v) is 11.2. The normalized spacial score (nSPS) is 33.7. The Labute approximate surface area is 156 Å². The number of para-hydroxylation sites is 1. The highest BCUT2D eigenvalue weighted by Gasteiger charge is 2.66. The summed E-state index contributed by atoms with van der Waals surface area (Å²) in [5, 5.41) is 7.26.